The minimum atomic E-state index is -1.94. The molecule has 4 unspecified atom stereocenters. The molecule has 27 heavy (non-hydrogen) atoms. The summed E-state index contributed by atoms with van der Waals surface area (Å²) in [7, 11) is 0.533. The highest BCUT2D eigenvalue weighted by Crippen LogP contribution is 2.50. The third-order valence-electron chi connectivity index (χ3n) is 6.22. The maximum absolute atomic E-state index is 9.99. The number of rotatable bonds is 8. The molecule has 0 aromatic heterocycles. The zero-order valence-corrected chi connectivity index (χ0v) is 22.2. The lowest BCUT2D eigenvalue weighted by Crippen LogP contribution is -2.52. The Kier molecular flexibility index (Phi) is 9.89. The molecule has 0 aliphatic carbocycles. The molecule has 0 aromatic carbocycles. The van der Waals surface area contributed by atoms with E-state index in [2.05, 4.69) is 70.2 Å². The van der Waals surface area contributed by atoms with E-state index in [9.17, 15) is 5.11 Å². The second-order valence-electron chi connectivity index (χ2n) is 10.1. The van der Waals surface area contributed by atoms with Crippen LogP contribution in [-0.2, 0) is 13.9 Å². The summed E-state index contributed by atoms with van der Waals surface area (Å²) in [5, 5.41) is 10.1. The first kappa shape index (κ1) is 26.0. The lowest BCUT2D eigenvalue weighted by molar-refractivity contribution is -0.214. The van der Waals surface area contributed by atoms with Crippen molar-refractivity contribution in [2.75, 3.05) is 13.3 Å². The van der Waals surface area contributed by atoms with Gasteiger partial charge in [0, 0.05) is 11.8 Å². The summed E-state index contributed by atoms with van der Waals surface area (Å²) in [4.78, 5) is 0. The molecule has 1 N–H and O–H groups in total. The van der Waals surface area contributed by atoms with Crippen molar-refractivity contribution >= 4 is 24.9 Å². The molecule has 4 nitrogen and oxygen atoms in total. The van der Waals surface area contributed by atoms with E-state index in [1.54, 1.807) is 0 Å². The van der Waals surface area contributed by atoms with Gasteiger partial charge in [-0.1, -0.05) is 41.5 Å². The topological polar surface area (TPSA) is 47.9 Å². The summed E-state index contributed by atoms with van der Waals surface area (Å²) >= 11 is 0. The number of aliphatic hydroxyl groups is 1. The second kappa shape index (κ2) is 10.3. The van der Waals surface area contributed by atoms with Gasteiger partial charge in [-0.3, -0.25) is 0 Å². The average molecular weight is 439 g/mol. The monoisotopic (exact) mass is 438 g/mol. The van der Waals surface area contributed by atoms with Crippen LogP contribution in [-0.4, -0.2) is 51.0 Å². The molecule has 0 saturated carbocycles. The zero-order chi connectivity index (χ0) is 21.2. The lowest BCUT2D eigenvalue weighted by Gasteiger charge is -2.47. The fourth-order valence-electron chi connectivity index (χ4n) is 3.61. The van der Waals surface area contributed by atoms with Gasteiger partial charge >= 0.3 is 0 Å². The van der Waals surface area contributed by atoms with Crippen LogP contribution in [0.1, 0.15) is 54.9 Å². The van der Waals surface area contributed by atoms with Gasteiger partial charge in [0.1, 0.15) is 0 Å². The van der Waals surface area contributed by atoms with E-state index < -0.39 is 8.32 Å². The van der Waals surface area contributed by atoms with Crippen LogP contribution < -0.4 is 0 Å². The lowest BCUT2D eigenvalue weighted by atomic mass is 9.82. The van der Waals surface area contributed by atoms with Crippen LogP contribution in [0.4, 0.5) is 0 Å². The van der Waals surface area contributed by atoms with Crippen LogP contribution in [0.3, 0.4) is 0 Å². The van der Waals surface area contributed by atoms with Gasteiger partial charge in [-0.15, -0.1) is 8.93 Å². The smallest absolute Gasteiger partial charge is 0.192 e. The van der Waals surface area contributed by atoms with Crippen molar-refractivity contribution < 1.29 is 19.0 Å². The first-order valence-corrected chi connectivity index (χ1v) is 16.7. The normalized spacial score (nSPS) is 30.4. The molecule has 0 radical (unpaired) electrons. The quantitative estimate of drug-likeness (QED) is 0.393. The Labute approximate surface area is 172 Å². The highest BCUT2D eigenvalue weighted by Gasteiger charge is 2.45. The molecule has 7 heteroatoms. The molecule has 0 spiro atoms. The van der Waals surface area contributed by atoms with Crippen molar-refractivity contribution in [2.45, 2.75) is 97.4 Å². The molecule has 0 aromatic rings. The predicted molar refractivity (Wildman–Crippen MR) is 123 cm³/mol. The standard InChI is InChI=1S/C20H44O4P2Si/c1-13(11-15(3)21)18(24-27(9,10)20(5,6)7)16(4)17-14(2)12-22-19(23-17)26(8)25/h13-19,21H,11-12,25H2,1-10H3/t13-,14-,15?,16+,17-,18+,19?,26?/m0/s1. The average Bonchev–Trinajstić information content (AvgIpc) is 2.50. The Morgan fingerprint density at radius 2 is 1.81 bits per heavy atom. The van der Waals surface area contributed by atoms with Gasteiger partial charge in [0.25, 0.3) is 0 Å². The van der Waals surface area contributed by atoms with Crippen LogP contribution in [0.2, 0.25) is 18.1 Å². The van der Waals surface area contributed by atoms with E-state index in [-0.39, 0.29) is 48.8 Å². The number of aliphatic hydroxyl groups excluding tert-OH is 1. The molecule has 1 saturated heterocycles. The van der Waals surface area contributed by atoms with Crippen LogP contribution >= 0.6 is 16.5 Å². The Hall–Kier alpha value is 0.917. The van der Waals surface area contributed by atoms with Crippen molar-refractivity contribution in [3.05, 3.63) is 0 Å². The number of hydrogen-bond acceptors (Lipinski definition) is 4. The highest BCUT2D eigenvalue weighted by atomic mass is 32.0. The summed E-state index contributed by atoms with van der Waals surface area (Å²) in [5.74, 6) is 0.847. The SMILES string of the molecule is CC(O)C[C@H](C)[C@@H](O[Si](C)(C)C(C)(C)C)[C@H](C)[C@H]1OC(P(C)P)OC[C@@H]1C. The van der Waals surface area contributed by atoms with Crippen molar-refractivity contribution in [2.24, 2.45) is 17.8 Å². The highest BCUT2D eigenvalue weighted by molar-refractivity contribution is 8.13. The Morgan fingerprint density at radius 1 is 1.26 bits per heavy atom. The molecule has 1 rings (SSSR count). The molecular weight excluding hydrogens is 394 g/mol. The summed E-state index contributed by atoms with van der Waals surface area (Å²) in [6.07, 6.45) is 0.600. The zero-order valence-electron chi connectivity index (χ0n) is 19.2. The molecular formula is C20H44O4P2Si. The second-order valence-corrected chi connectivity index (χ2v) is 19.1. The van der Waals surface area contributed by atoms with Crippen LogP contribution in [0.5, 0.6) is 0 Å². The van der Waals surface area contributed by atoms with E-state index in [0.717, 1.165) is 13.0 Å². The predicted octanol–water partition coefficient (Wildman–Crippen LogP) is 5.66. The van der Waals surface area contributed by atoms with Crippen molar-refractivity contribution in [3.8, 4) is 0 Å². The third-order valence-corrected chi connectivity index (χ3v) is 12.4. The molecule has 1 heterocycles. The Morgan fingerprint density at radius 3 is 2.26 bits per heavy atom. The van der Waals surface area contributed by atoms with E-state index in [1.165, 1.54) is 0 Å². The van der Waals surface area contributed by atoms with Crippen molar-refractivity contribution in [1.29, 1.82) is 0 Å². The summed E-state index contributed by atoms with van der Waals surface area (Å²) in [5.41, 5.74) is 0. The first-order chi connectivity index (χ1) is 12.2. The van der Waals surface area contributed by atoms with Gasteiger partial charge < -0.3 is 19.0 Å². The molecule has 9 atom stereocenters. The van der Waals surface area contributed by atoms with Crippen LogP contribution in [0, 0.1) is 17.8 Å². The van der Waals surface area contributed by atoms with Crippen LogP contribution in [0.25, 0.3) is 0 Å². The van der Waals surface area contributed by atoms with Gasteiger partial charge in [0.05, 0.1) is 24.9 Å². The number of hydrogen-bond donors (Lipinski definition) is 1. The fraction of sp³-hybridized carbons (Fsp3) is 1.00. The van der Waals surface area contributed by atoms with Gasteiger partial charge in [-0.25, -0.2) is 0 Å². The Balaban J connectivity index is 3.09. The molecule has 1 aliphatic heterocycles. The molecule has 0 bridgehead atoms. The van der Waals surface area contributed by atoms with Crippen molar-refractivity contribution in [3.63, 3.8) is 0 Å². The maximum Gasteiger partial charge on any atom is 0.192 e. The summed E-state index contributed by atoms with van der Waals surface area (Å²) in [6.45, 7) is 22.9. The summed E-state index contributed by atoms with van der Waals surface area (Å²) in [6, 6.07) is -0.116. The minimum absolute atomic E-state index is 0.0688. The van der Waals surface area contributed by atoms with Gasteiger partial charge in [0.2, 0.25) is 0 Å². The maximum atomic E-state index is 9.99. The third kappa shape index (κ3) is 7.28. The van der Waals surface area contributed by atoms with E-state index in [0.29, 0.717) is 5.92 Å². The summed E-state index contributed by atoms with van der Waals surface area (Å²) < 4.78 is 19.3. The Bertz CT molecular complexity index is 454. The first-order valence-electron chi connectivity index (χ1n) is 10.3. The molecule has 1 aliphatic rings. The minimum Gasteiger partial charge on any atom is -0.413 e. The number of ether oxygens (including phenoxy) is 2. The van der Waals surface area contributed by atoms with E-state index >= 15 is 0 Å². The largest absolute Gasteiger partial charge is 0.413 e. The van der Waals surface area contributed by atoms with Crippen LogP contribution in [0.15, 0.2) is 0 Å². The van der Waals surface area contributed by atoms with E-state index in [1.807, 2.05) is 6.92 Å². The van der Waals surface area contributed by atoms with Gasteiger partial charge in [0.15, 0.2) is 14.3 Å². The van der Waals surface area contributed by atoms with Gasteiger partial charge in [-0.2, -0.15) is 0 Å². The molecule has 162 valence electrons. The van der Waals surface area contributed by atoms with Gasteiger partial charge in [-0.05, 0) is 51.7 Å². The molecule has 1 fully saturated rings. The fourth-order valence-corrected chi connectivity index (χ4v) is 6.21. The van der Waals surface area contributed by atoms with Crippen molar-refractivity contribution in [1.82, 2.24) is 0 Å². The molecule has 0 amide bonds. The van der Waals surface area contributed by atoms with E-state index in [4.69, 9.17) is 13.9 Å².